The Hall–Kier alpha value is -2.86. The molecule has 0 bridgehead atoms. The van der Waals surface area contributed by atoms with Gasteiger partial charge in [-0.2, -0.15) is 0 Å². The molecule has 0 spiro atoms. The molecular formula is C25H31N3O3. The zero-order chi connectivity index (χ0) is 21.8. The second kappa shape index (κ2) is 9.52. The summed E-state index contributed by atoms with van der Waals surface area (Å²) in [6.45, 7) is 6.02. The molecule has 0 N–H and O–H groups in total. The number of nitrogens with zero attached hydrogens (tertiary/aromatic N) is 3. The molecule has 2 aliphatic heterocycles. The second-order valence-electron chi connectivity index (χ2n) is 8.31. The lowest BCUT2D eigenvalue weighted by Crippen LogP contribution is -2.33. The standard InChI is InChI=1S/C25H31N3O3/c1-3-31-24(29)12-15-27-16-17-28(25(27)30)23-8-6-19(7-9-23)21-5-4-20-10-13-26(2)14-11-22(20)18-21/h4-9,18H,3,10-17H2,1-2H3. The molecule has 2 aliphatic rings. The topological polar surface area (TPSA) is 53.1 Å². The number of rotatable bonds is 6. The summed E-state index contributed by atoms with van der Waals surface area (Å²) < 4.78 is 4.96. The summed E-state index contributed by atoms with van der Waals surface area (Å²) in [6.07, 6.45) is 2.43. The van der Waals surface area contributed by atoms with Crippen LogP contribution >= 0.6 is 0 Å². The number of likely N-dealkylation sites (N-methyl/N-ethyl adjacent to an activating group) is 1. The number of hydrogen-bond donors (Lipinski definition) is 0. The van der Waals surface area contributed by atoms with Gasteiger partial charge in [0.25, 0.3) is 0 Å². The lowest BCUT2D eigenvalue weighted by molar-refractivity contribution is -0.143. The molecule has 2 aromatic rings. The fourth-order valence-electron chi connectivity index (χ4n) is 4.34. The third-order valence-corrected chi connectivity index (χ3v) is 6.23. The van der Waals surface area contributed by atoms with Crippen molar-refractivity contribution in [2.24, 2.45) is 0 Å². The van der Waals surface area contributed by atoms with Gasteiger partial charge in [-0.15, -0.1) is 0 Å². The summed E-state index contributed by atoms with van der Waals surface area (Å²) in [5.74, 6) is -0.259. The van der Waals surface area contributed by atoms with Gasteiger partial charge in [-0.1, -0.05) is 30.3 Å². The summed E-state index contributed by atoms with van der Waals surface area (Å²) in [5.41, 5.74) is 6.17. The van der Waals surface area contributed by atoms with E-state index in [0.717, 1.165) is 37.2 Å². The molecule has 1 saturated heterocycles. The third kappa shape index (κ3) is 4.90. The smallest absolute Gasteiger partial charge is 0.324 e. The summed E-state index contributed by atoms with van der Waals surface area (Å²) in [5, 5.41) is 0. The number of urea groups is 1. The van der Waals surface area contributed by atoms with Crippen LogP contribution in [0.15, 0.2) is 42.5 Å². The second-order valence-corrected chi connectivity index (χ2v) is 8.31. The largest absolute Gasteiger partial charge is 0.466 e. The molecule has 6 heteroatoms. The molecular weight excluding hydrogens is 390 g/mol. The van der Waals surface area contributed by atoms with Crippen molar-refractivity contribution in [3.63, 3.8) is 0 Å². The van der Waals surface area contributed by atoms with E-state index in [1.807, 2.05) is 12.1 Å². The molecule has 2 heterocycles. The van der Waals surface area contributed by atoms with Crippen molar-refractivity contribution in [1.29, 1.82) is 0 Å². The van der Waals surface area contributed by atoms with Gasteiger partial charge in [-0.05, 0) is 61.2 Å². The number of carbonyl (C=O) groups is 2. The van der Waals surface area contributed by atoms with Crippen molar-refractivity contribution >= 4 is 17.7 Å². The number of carbonyl (C=O) groups excluding carboxylic acids is 2. The molecule has 0 unspecified atom stereocenters. The lowest BCUT2D eigenvalue weighted by Gasteiger charge is -2.19. The van der Waals surface area contributed by atoms with E-state index in [1.54, 1.807) is 16.7 Å². The molecule has 31 heavy (non-hydrogen) atoms. The zero-order valence-corrected chi connectivity index (χ0v) is 18.5. The molecule has 2 aromatic carbocycles. The first-order chi connectivity index (χ1) is 15.0. The van der Waals surface area contributed by atoms with E-state index in [0.29, 0.717) is 26.2 Å². The summed E-state index contributed by atoms with van der Waals surface area (Å²) in [7, 11) is 2.18. The van der Waals surface area contributed by atoms with Crippen LogP contribution in [0.3, 0.4) is 0 Å². The normalized spacial score (nSPS) is 16.9. The van der Waals surface area contributed by atoms with Gasteiger partial charge in [0, 0.05) is 38.4 Å². The fourth-order valence-corrected chi connectivity index (χ4v) is 4.34. The monoisotopic (exact) mass is 421 g/mol. The first kappa shape index (κ1) is 21.4. The Morgan fingerprint density at radius 3 is 2.39 bits per heavy atom. The minimum Gasteiger partial charge on any atom is -0.466 e. The number of amides is 2. The van der Waals surface area contributed by atoms with E-state index in [2.05, 4.69) is 42.3 Å². The first-order valence-corrected chi connectivity index (χ1v) is 11.2. The Bertz CT molecular complexity index is 942. The van der Waals surface area contributed by atoms with E-state index in [4.69, 9.17) is 4.74 Å². The van der Waals surface area contributed by atoms with Crippen LogP contribution in [0.25, 0.3) is 11.1 Å². The van der Waals surface area contributed by atoms with E-state index in [9.17, 15) is 9.59 Å². The van der Waals surface area contributed by atoms with Crippen LogP contribution in [0, 0.1) is 0 Å². The highest BCUT2D eigenvalue weighted by atomic mass is 16.5. The number of benzene rings is 2. The average Bonchev–Trinajstić information content (AvgIpc) is 3.04. The Morgan fingerprint density at radius 2 is 1.65 bits per heavy atom. The molecule has 0 atom stereocenters. The molecule has 0 saturated carbocycles. The Kier molecular flexibility index (Phi) is 6.56. The van der Waals surface area contributed by atoms with Crippen LogP contribution in [0.2, 0.25) is 0 Å². The molecule has 2 amide bonds. The minimum atomic E-state index is -0.259. The maximum Gasteiger partial charge on any atom is 0.324 e. The highest BCUT2D eigenvalue weighted by Crippen LogP contribution is 2.28. The van der Waals surface area contributed by atoms with Gasteiger partial charge >= 0.3 is 12.0 Å². The lowest BCUT2D eigenvalue weighted by atomic mass is 9.96. The van der Waals surface area contributed by atoms with Gasteiger partial charge in [0.05, 0.1) is 13.0 Å². The van der Waals surface area contributed by atoms with Crippen molar-refractivity contribution in [1.82, 2.24) is 9.80 Å². The molecule has 0 aliphatic carbocycles. The van der Waals surface area contributed by atoms with Crippen molar-refractivity contribution in [2.75, 3.05) is 51.3 Å². The number of fused-ring (bicyclic) bond motifs is 1. The fraction of sp³-hybridized carbons (Fsp3) is 0.440. The van der Waals surface area contributed by atoms with Gasteiger partial charge in [0.1, 0.15) is 0 Å². The molecule has 6 nitrogen and oxygen atoms in total. The SMILES string of the molecule is CCOC(=O)CCN1CCN(c2ccc(-c3ccc4c(c3)CCN(C)CC4)cc2)C1=O. The van der Waals surface area contributed by atoms with Crippen molar-refractivity contribution in [3.8, 4) is 11.1 Å². The number of ether oxygens (including phenoxy) is 1. The van der Waals surface area contributed by atoms with Crippen LogP contribution in [-0.4, -0.2) is 68.2 Å². The number of hydrogen-bond acceptors (Lipinski definition) is 4. The summed E-state index contributed by atoms with van der Waals surface area (Å²) in [4.78, 5) is 30.2. The van der Waals surface area contributed by atoms with E-state index < -0.39 is 0 Å². The molecule has 1 fully saturated rings. The molecule has 0 aromatic heterocycles. The number of esters is 1. The summed E-state index contributed by atoms with van der Waals surface area (Å²) >= 11 is 0. The molecule has 164 valence electrons. The molecule has 0 radical (unpaired) electrons. The van der Waals surface area contributed by atoms with Crippen molar-refractivity contribution < 1.29 is 14.3 Å². The van der Waals surface area contributed by atoms with E-state index in [1.165, 1.54) is 16.7 Å². The van der Waals surface area contributed by atoms with Gasteiger partial charge in [-0.3, -0.25) is 9.69 Å². The predicted octanol–water partition coefficient (Wildman–Crippen LogP) is 3.58. The van der Waals surface area contributed by atoms with Gasteiger partial charge in [0.2, 0.25) is 0 Å². The van der Waals surface area contributed by atoms with Crippen LogP contribution in [0.4, 0.5) is 10.5 Å². The minimum absolute atomic E-state index is 0.0498. The van der Waals surface area contributed by atoms with Gasteiger partial charge in [0.15, 0.2) is 0 Å². The van der Waals surface area contributed by atoms with Crippen molar-refractivity contribution in [3.05, 3.63) is 53.6 Å². The Balaban J connectivity index is 1.42. The maximum atomic E-state index is 12.7. The maximum absolute atomic E-state index is 12.7. The van der Waals surface area contributed by atoms with Crippen molar-refractivity contribution in [2.45, 2.75) is 26.2 Å². The number of anilines is 1. The van der Waals surface area contributed by atoms with Crippen LogP contribution < -0.4 is 4.90 Å². The van der Waals surface area contributed by atoms with Crippen LogP contribution in [0.5, 0.6) is 0 Å². The van der Waals surface area contributed by atoms with Crippen LogP contribution in [0.1, 0.15) is 24.5 Å². The predicted molar refractivity (Wildman–Crippen MR) is 122 cm³/mol. The quantitative estimate of drug-likeness (QED) is 0.669. The Morgan fingerprint density at radius 1 is 0.935 bits per heavy atom. The molecule has 4 rings (SSSR count). The van der Waals surface area contributed by atoms with Crippen LogP contribution in [-0.2, 0) is 22.4 Å². The highest BCUT2D eigenvalue weighted by molar-refractivity contribution is 5.94. The van der Waals surface area contributed by atoms with Gasteiger partial charge < -0.3 is 14.5 Å². The zero-order valence-electron chi connectivity index (χ0n) is 18.5. The Labute approximate surface area is 184 Å². The summed E-state index contributed by atoms with van der Waals surface area (Å²) in [6, 6.07) is 15.0. The van der Waals surface area contributed by atoms with Gasteiger partial charge in [-0.25, -0.2) is 4.79 Å². The average molecular weight is 422 g/mol. The van der Waals surface area contributed by atoms with E-state index >= 15 is 0 Å². The third-order valence-electron chi connectivity index (χ3n) is 6.23. The van der Waals surface area contributed by atoms with E-state index in [-0.39, 0.29) is 18.4 Å². The first-order valence-electron chi connectivity index (χ1n) is 11.2. The highest BCUT2D eigenvalue weighted by Gasteiger charge is 2.29.